The van der Waals surface area contributed by atoms with Crippen LogP contribution in [0.5, 0.6) is 0 Å². The van der Waals surface area contributed by atoms with E-state index >= 15 is 0 Å². The maximum Gasteiger partial charge on any atom is 0.238 e. The Labute approximate surface area is 116 Å². The molecular weight excluding hydrogens is 260 g/mol. The highest BCUT2D eigenvalue weighted by Gasteiger charge is 2.30. The third-order valence-electron chi connectivity index (χ3n) is 3.27. The number of nitrogens with zero attached hydrogens (tertiary/aromatic N) is 1. The van der Waals surface area contributed by atoms with E-state index in [4.69, 9.17) is 0 Å². The lowest BCUT2D eigenvalue weighted by molar-refractivity contribution is -0.128. The van der Waals surface area contributed by atoms with Gasteiger partial charge in [0.2, 0.25) is 5.91 Å². The molecule has 1 saturated heterocycles. The minimum absolute atomic E-state index is 0.0438. The highest BCUT2D eigenvalue weighted by atomic mass is 32.2. The van der Waals surface area contributed by atoms with E-state index in [9.17, 15) is 9.00 Å². The van der Waals surface area contributed by atoms with Crippen molar-refractivity contribution in [3.05, 3.63) is 35.4 Å². The molecular formula is C14H20N2O2S. The van der Waals surface area contributed by atoms with Gasteiger partial charge in [0.1, 0.15) is 6.17 Å². The quantitative estimate of drug-likeness (QED) is 0.881. The van der Waals surface area contributed by atoms with Crippen molar-refractivity contribution in [2.75, 3.05) is 25.1 Å². The van der Waals surface area contributed by atoms with Gasteiger partial charge in [-0.2, -0.15) is 0 Å². The summed E-state index contributed by atoms with van der Waals surface area (Å²) in [6.45, 7) is 3.09. The number of benzene rings is 1. The second-order valence-corrected chi connectivity index (χ2v) is 6.47. The molecule has 0 aliphatic carbocycles. The van der Waals surface area contributed by atoms with Crippen molar-refractivity contribution in [3.8, 4) is 0 Å². The smallest absolute Gasteiger partial charge is 0.238 e. The minimum Gasteiger partial charge on any atom is -0.322 e. The topological polar surface area (TPSA) is 49.4 Å². The zero-order chi connectivity index (χ0) is 13.8. The molecule has 1 fully saturated rings. The summed E-state index contributed by atoms with van der Waals surface area (Å²) in [6.07, 6.45) is 2.43. The standard InChI is InChI=1S/C14H20N2O2S/c1-11-5-3-6-12(9-11)14-15-10-13(17)16(14)7-4-8-19(2)18/h3,5-6,9,14-15H,4,7-8,10H2,1-2H3. The Morgan fingerprint density at radius 2 is 2.26 bits per heavy atom. The molecule has 5 heteroatoms. The van der Waals surface area contributed by atoms with E-state index in [-0.39, 0.29) is 12.1 Å². The van der Waals surface area contributed by atoms with Gasteiger partial charge in [-0.05, 0) is 18.9 Å². The molecule has 0 saturated carbocycles. The SMILES string of the molecule is Cc1cccc(C2NCC(=O)N2CCCS(C)=O)c1. The second-order valence-electron chi connectivity index (χ2n) is 4.92. The first-order valence-corrected chi connectivity index (χ1v) is 8.20. The first-order valence-electron chi connectivity index (χ1n) is 6.47. The molecule has 19 heavy (non-hydrogen) atoms. The number of hydrogen-bond acceptors (Lipinski definition) is 3. The lowest BCUT2D eigenvalue weighted by Crippen LogP contribution is -2.31. The second kappa shape index (κ2) is 6.30. The number of aryl methyl sites for hydroxylation is 1. The van der Waals surface area contributed by atoms with Crippen molar-refractivity contribution in [2.45, 2.75) is 19.5 Å². The van der Waals surface area contributed by atoms with E-state index in [0.717, 1.165) is 12.0 Å². The van der Waals surface area contributed by atoms with Crippen LogP contribution < -0.4 is 5.32 Å². The Bertz CT molecular complexity index is 490. The van der Waals surface area contributed by atoms with Crippen molar-refractivity contribution in [1.29, 1.82) is 0 Å². The Morgan fingerprint density at radius 3 is 2.95 bits per heavy atom. The molecule has 1 aromatic carbocycles. The normalized spacial score (nSPS) is 20.8. The van der Waals surface area contributed by atoms with E-state index in [0.29, 0.717) is 18.8 Å². The molecule has 1 aromatic rings. The monoisotopic (exact) mass is 280 g/mol. The summed E-state index contributed by atoms with van der Waals surface area (Å²) in [6, 6.07) is 8.19. The molecule has 1 aliphatic rings. The molecule has 1 heterocycles. The summed E-state index contributed by atoms with van der Waals surface area (Å²) in [5.41, 5.74) is 2.30. The van der Waals surface area contributed by atoms with Crippen molar-refractivity contribution in [2.24, 2.45) is 0 Å². The highest BCUT2D eigenvalue weighted by Crippen LogP contribution is 2.23. The molecule has 104 valence electrons. The average molecular weight is 280 g/mol. The van der Waals surface area contributed by atoms with Crippen LogP contribution in [-0.4, -0.2) is 40.1 Å². The number of rotatable bonds is 5. The third kappa shape index (κ3) is 3.64. The van der Waals surface area contributed by atoms with Crippen LogP contribution in [-0.2, 0) is 15.6 Å². The summed E-state index contributed by atoms with van der Waals surface area (Å²) in [5.74, 6) is 0.762. The van der Waals surface area contributed by atoms with Crippen LogP contribution in [0.1, 0.15) is 23.7 Å². The molecule has 2 unspecified atom stereocenters. The number of hydrogen-bond donors (Lipinski definition) is 1. The molecule has 0 aromatic heterocycles. The lowest BCUT2D eigenvalue weighted by atomic mass is 10.1. The van der Waals surface area contributed by atoms with Crippen LogP contribution >= 0.6 is 0 Å². The number of nitrogens with one attached hydrogen (secondary N) is 1. The Morgan fingerprint density at radius 1 is 1.47 bits per heavy atom. The summed E-state index contributed by atoms with van der Waals surface area (Å²) in [7, 11) is -0.795. The predicted octanol–water partition coefficient (Wildman–Crippen LogP) is 1.19. The molecule has 2 atom stereocenters. The molecule has 1 N–H and O–H groups in total. The molecule has 0 bridgehead atoms. The highest BCUT2D eigenvalue weighted by molar-refractivity contribution is 7.84. The number of carbonyl (C=O) groups excluding carboxylic acids is 1. The van der Waals surface area contributed by atoms with E-state index < -0.39 is 10.8 Å². The summed E-state index contributed by atoms with van der Waals surface area (Å²) in [5, 5.41) is 3.24. The van der Waals surface area contributed by atoms with Crippen LogP contribution in [0.2, 0.25) is 0 Å². The predicted molar refractivity (Wildman–Crippen MR) is 77.2 cm³/mol. The van der Waals surface area contributed by atoms with Crippen LogP contribution in [0, 0.1) is 6.92 Å². The third-order valence-corrected chi connectivity index (χ3v) is 4.13. The van der Waals surface area contributed by atoms with Gasteiger partial charge in [0.15, 0.2) is 0 Å². The zero-order valence-electron chi connectivity index (χ0n) is 11.4. The van der Waals surface area contributed by atoms with Crippen LogP contribution in [0.15, 0.2) is 24.3 Å². The van der Waals surface area contributed by atoms with Gasteiger partial charge in [0.05, 0.1) is 6.54 Å². The molecule has 1 aliphatic heterocycles. The first-order chi connectivity index (χ1) is 9.08. The minimum atomic E-state index is -0.795. The summed E-state index contributed by atoms with van der Waals surface area (Å²) < 4.78 is 11.1. The maximum absolute atomic E-state index is 11.9. The van der Waals surface area contributed by atoms with Crippen LogP contribution in [0.4, 0.5) is 0 Å². The van der Waals surface area contributed by atoms with Crippen molar-refractivity contribution < 1.29 is 9.00 Å². The van der Waals surface area contributed by atoms with Gasteiger partial charge in [-0.1, -0.05) is 29.8 Å². The summed E-state index contributed by atoms with van der Waals surface area (Å²) >= 11 is 0. The molecule has 4 nitrogen and oxygen atoms in total. The Balaban J connectivity index is 2.06. The van der Waals surface area contributed by atoms with Gasteiger partial charge >= 0.3 is 0 Å². The van der Waals surface area contributed by atoms with E-state index in [1.807, 2.05) is 30.0 Å². The van der Waals surface area contributed by atoms with Crippen molar-refractivity contribution in [3.63, 3.8) is 0 Å². The fourth-order valence-electron chi connectivity index (χ4n) is 2.37. The fourth-order valence-corrected chi connectivity index (χ4v) is 2.91. The van der Waals surface area contributed by atoms with Gasteiger partial charge in [0, 0.05) is 29.4 Å². The van der Waals surface area contributed by atoms with Gasteiger partial charge < -0.3 is 4.90 Å². The van der Waals surface area contributed by atoms with E-state index in [1.54, 1.807) is 6.26 Å². The fraction of sp³-hybridized carbons (Fsp3) is 0.500. The van der Waals surface area contributed by atoms with Crippen molar-refractivity contribution in [1.82, 2.24) is 10.2 Å². The molecule has 1 amide bonds. The first kappa shape index (κ1) is 14.2. The molecule has 2 rings (SSSR count). The lowest BCUT2D eigenvalue weighted by Gasteiger charge is -2.24. The Kier molecular flexibility index (Phi) is 4.71. The largest absolute Gasteiger partial charge is 0.322 e. The molecule has 0 spiro atoms. The van der Waals surface area contributed by atoms with Gasteiger partial charge in [0.25, 0.3) is 0 Å². The van der Waals surface area contributed by atoms with Gasteiger partial charge in [-0.3, -0.25) is 14.3 Å². The zero-order valence-corrected chi connectivity index (χ0v) is 12.2. The van der Waals surface area contributed by atoms with E-state index in [1.165, 1.54) is 5.56 Å². The average Bonchev–Trinajstić information content (AvgIpc) is 2.71. The number of amides is 1. The molecule has 0 radical (unpaired) electrons. The van der Waals surface area contributed by atoms with Crippen LogP contribution in [0.25, 0.3) is 0 Å². The van der Waals surface area contributed by atoms with E-state index in [2.05, 4.69) is 11.4 Å². The summed E-state index contributed by atoms with van der Waals surface area (Å²) in [4.78, 5) is 13.8. The Hall–Kier alpha value is -1.20. The number of carbonyl (C=O) groups is 1. The van der Waals surface area contributed by atoms with Gasteiger partial charge in [-0.15, -0.1) is 0 Å². The van der Waals surface area contributed by atoms with Gasteiger partial charge in [-0.25, -0.2) is 0 Å². The van der Waals surface area contributed by atoms with Crippen LogP contribution in [0.3, 0.4) is 0 Å². The van der Waals surface area contributed by atoms with Crippen molar-refractivity contribution >= 4 is 16.7 Å². The maximum atomic E-state index is 11.9.